The highest BCUT2D eigenvalue weighted by atomic mass is 16.2. The van der Waals surface area contributed by atoms with Gasteiger partial charge in [-0.2, -0.15) is 0 Å². The first kappa shape index (κ1) is 23.1. The zero-order valence-corrected chi connectivity index (χ0v) is 18.7. The molecule has 2 fully saturated rings. The fraction of sp³-hybridized carbons (Fsp3) is 0.625. The van der Waals surface area contributed by atoms with Crippen molar-refractivity contribution in [2.75, 3.05) is 32.7 Å². The molecule has 0 radical (unpaired) electrons. The zero-order valence-electron chi connectivity index (χ0n) is 18.7. The first-order valence-corrected chi connectivity index (χ1v) is 11.8. The molecule has 7 heteroatoms. The van der Waals surface area contributed by atoms with E-state index in [2.05, 4.69) is 33.1 Å². The van der Waals surface area contributed by atoms with E-state index in [0.29, 0.717) is 37.9 Å². The van der Waals surface area contributed by atoms with E-state index < -0.39 is 0 Å². The standard InChI is InChI=1S/C24H37N5O2/c1-2-25-24(26-14-12-22(30)28-21-10-6-7-11-21)27-17-20-16-23(31)29(18-20)15-13-19-8-4-3-5-9-19/h3-5,8-9,20-21H,2,6-7,10-18H2,1H3,(H,28,30)(H2,25,26,27). The third-order valence-corrected chi connectivity index (χ3v) is 6.02. The molecule has 0 aromatic heterocycles. The van der Waals surface area contributed by atoms with E-state index in [4.69, 9.17) is 0 Å². The molecule has 1 aliphatic heterocycles. The minimum absolute atomic E-state index is 0.102. The summed E-state index contributed by atoms with van der Waals surface area (Å²) in [5.74, 6) is 1.28. The number of aliphatic imine (C=N–C) groups is 1. The molecule has 170 valence electrons. The van der Waals surface area contributed by atoms with Crippen molar-refractivity contribution in [3.05, 3.63) is 35.9 Å². The minimum atomic E-state index is 0.102. The van der Waals surface area contributed by atoms with Crippen LogP contribution in [0.1, 0.15) is 51.0 Å². The van der Waals surface area contributed by atoms with Crippen LogP contribution >= 0.6 is 0 Å². The number of guanidine groups is 1. The van der Waals surface area contributed by atoms with Gasteiger partial charge in [-0.3, -0.25) is 14.6 Å². The van der Waals surface area contributed by atoms with E-state index in [1.165, 1.54) is 18.4 Å². The zero-order chi connectivity index (χ0) is 21.9. The molecule has 0 bridgehead atoms. The van der Waals surface area contributed by atoms with Crippen LogP contribution in [0.5, 0.6) is 0 Å². The highest BCUT2D eigenvalue weighted by Gasteiger charge is 2.29. The van der Waals surface area contributed by atoms with Gasteiger partial charge in [-0.25, -0.2) is 0 Å². The van der Waals surface area contributed by atoms with Crippen LogP contribution in [-0.2, 0) is 16.0 Å². The van der Waals surface area contributed by atoms with Crippen LogP contribution < -0.4 is 16.0 Å². The molecule has 1 aliphatic carbocycles. The molecule has 31 heavy (non-hydrogen) atoms. The number of hydrogen-bond donors (Lipinski definition) is 3. The molecule has 1 unspecified atom stereocenters. The van der Waals surface area contributed by atoms with Gasteiger partial charge in [0.15, 0.2) is 5.96 Å². The van der Waals surface area contributed by atoms with Crippen molar-refractivity contribution in [3.63, 3.8) is 0 Å². The van der Waals surface area contributed by atoms with Gasteiger partial charge in [-0.15, -0.1) is 0 Å². The van der Waals surface area contributed by atoms with Crippen LogP contribution in [0.25, 0.3) is 0 Å². The minimum Gasteiger partial charge on any atom is -0.357 e. The van der Waals surface area contributed by atoms with Crippen molar-refractivity contribution in [3.8, 4) is 0 Å². The maximum Gasteiger partial charge on any atom is 0.223 e. The number of rotatable bonds is 10. The fourth-order valence-electron chi connectivity index (χ4n) is 4.33. The Kier molecular flexibility index (Phi) is 9.18. The predicted octanol–water partition coefficient (Wildman–Crippen LogP) is 2.08. The number of benzene rings is 1. The summed E-state index contributed by atoms with van der Waals surface area (Å²) in [6.45, 7) is 5.46. The molecule has 1 aromatic rings. The number of nitrogens with zero attached hydrogens (tertiary/aromatic N) is 2. The average molecular weight is 428 g/mol. The maximum atomic E-state index is 12.4. The second kappa shape index (κ2) is 12.3. The summed E-state index contributed by atoms with van der Waals surface area (Å²) in [4.78, 5) is 31.1. The van der Waals surface area contributed by atoms with Crippen LogP contribution in [0.4, 0.5) is 0 Å². The lowest BCUT2D eigenvalue weighted by Crippen LogP contribution is -2.40. The molecular formula is C24H37N5O2. The van der Waals surface area contributed by atoms with Gasteiger partial charge in [0.2, 0.25) is 11.8 Å². The predicted molar refractivity (Wildman–Crippen MR) is 124 cm³/mol. The second-order valence-electron chi connectivity index (χ2n) is 8.59. The first-order chi connectivity index (χ1) is 15.1. The van der Waals surface area contributed by atoms with E-state index in [1.807, 2.05) is 30.0 Å². The molecular weight excluding hydrogens is 390 g/mol. The summed E-state index contributed by atoms with van der Waals surface area (Å²) < 4.78 is 0. The van der Waals surface area contributed by atoms with E-state index in [1.54, 1.807) is 0 Å². The summed E-state index contributed by atoms with van der Waals surface area (Å²) in [7, 11) is 0. The SMILES string of the molecule is CCNC(=NCC1CC(=O)N(CCc2ccccc2)C1)NCCC(=O)NC1CCCC1. The monoisotopic (exact) mass is 427 g/mol. The first-order valence-electron chi connectivity index (χ1n) is 11.8. The lowest BCUT2D eigenvalue weighted by molar-refractivity contribution is -0.127. The van der Waals surface area contributed by atoms with Crippen molar-refractivity contribution >= 4 is 17.8 Å². The van der Waals surface area contributed by atoms with Crippen LogP contribution in [0, 0.1) is 5.92 Å². The molecule has 7 nitrogen and oxygen atoms in total. The lowest BCUT2D eigenvalue weighted by Gasteiger charge is -2.17. The van der Waals surface area contributed by atoms with Gasteiger partial charge in [-0.05, 0) is 31.7 Å². The molecule has 3 rings (SSSR count). The summed E-state index contributed by atoms with van der Waals surface area (Å²) in [5, 5.41) is 9.59. The van der Waals surface area contributed by atoms with Gasteiger partial charge in [0.25, 0.3) is 0 Å². The Morgan fingerprint density at radius 1 is 1.16 bits per heavy atom. The van der Waals surface area contributed by atoms with Crippen molar-refractivity contribution in [2.24, 2.45) is 10.9 Å². The number of likely N-dealkylation sites (tertiary alicyclic amines) is 1. The van der Waals surface area contributed by atoms with Gasteiger partial charge in [0.1, 0.15) is 0 Å². The van der Waals surface area contributed by atoms with Gasteiger partial charge >= 0.3 is 0 Å². The Morgan fingerprint density at radius 3 is 2.68 bits per heavy atom. The Morgan fingerprint density at radius 2 is 1.94 bits per heavy atom. The molecule has 1 heterocycles. The Hall–Kier alpha value is -2.57. The number of carbonyl (C=O) groups excluding carboxylic acids is 2. The topological polar surface area (TPSA) is 85.8 Å². The Bertz CT molecular complexity index is 731. The van der Waals surface area contributed by atoms with Gasteiger partial charge in [0, 0.05) is 57.5 Å². The molecule has 1 aromatic carbocycles. The van der Waals surface area contributed by atoms with Crippen molar-refractivity contribution < 1.29 is 9.59 Å². The third kappa shape index (κ3) is 7.89. The highest BCUT2D eigenvalue weighted by molar-refractivity contribution is 5.82. The largest absolute Gasteiger partial charge is 0.357 e. The summed E-state index contributed by atoms with van der Waals surface area (Å²) >= 11 is 0. The smallest absolute Gasteiger partial charge is 0.223 e. The van der Waals surface area contributed by atoms with Gasteiger partial charge in [-0.1, -0.05) is 43.2 Å². The molecule has 0 spiro atoms. The molecule has 1 saturated heterocycles. The van der Waals surface area contributed by atoms with E-state index in [-0.39, 0.29) is 17.7 Å². The molecule has 2 amide bonds. The maximum absolute atomic E-state index is 12.4. The van der Waals surface area contributed by atoms with Crippen LogP contribution in [-0.4, -0.2) is 61.4 Å². The van der Waals surface area contributed by atoms with E-state index in [9.17, 15) is 9.59 Å². The molecule has 2 aliphatic rings. The number of nitrogens with one attached hydrogen (secondary N) is 3. The molecule has 1 saturated carbocycles. The van der Waals surface area contributed by atoms with E-state index >= 15 is 0 Å². The fourth-order valence-corrected chi connectivity index (χ4v) is 4.33. The number of hydrogen-bond acceptors (Lipinski definition) is 3. The van der Waals surface area contributed by atoms with Crippen molar-refractivity contribution in [1.29, 1.82) is 0 Å². The van der Waals surface area contributed by atoms with Crippen LogP contribution in [0.2, 0.25) is 0 Å². The summed E-state index contributed by atoms with van der Waals surface area (Å²) in [6.07, 6.45) is 6.52. The quantitative estimate of drug-likeness (QED) is 0.394. The highest BCUT2D eigenvalue weighted by Crippen LogP contribution is 2.19. The average Bonchev–Trinajstić information content (AvgIpc) is 3.40. The van der Waals surface area contributed by atoms with Crippen molar-refractivity contribution in [1.82, 2.24) is 20.9 Å². The lowest BCUT2D eigenvalue weighted by atomic mass is 10.1. The third-order valence-electron chi connectivity index (χ3n) is 6.02. The molecule has 3 N–H and O–H groups in total. The van der Waals surface area contributed by atoms with Crippen molar-refractivity contribution in [2.45, 2.75) is 57.9 Å². The Balaban J connectivity index is 1.38. The normalized spacial score (nSPS) is 19.6. The summed E-state index contributed by atoms with van der Waals surface area (Å²) in [5.41, 5.74) is 1.26. The van der Waals surface area contributed by atoms with Crippen LogP contribution in [0.3, 0.4) is 0 Å². The van der Waals surface area contributed by atoms with Gasteiger partial charge in [0.05, 0.1) is 0 Å². The van der Waals surface area contributed by atoms with Gasteiger partial charge < -0.3 is 20.9 Å². The number of amides is 2. The summed E-state index contributed by atoms with van der Waals surface area (Å²) in [6, 6.07) is 10.6. The number of carbonyl (C=O) groups is 2. The Labute approximate surface area is 186 Å². The van der Waals surface area contributed by atoms with E-state index in [0.717, 1.165) is 38.9 Å². The second-order valence-corrected chi connectivity index (χ2v) is 8.59. The molecule has 1 atom stereocenters. The van der Waals surface area contributed by atoms with Crippen LogP contribution in [0.15, 0.2) is 35.3 Å².